The molecule has 3 aromatic heterocycles. The highest BCUT2D eigenvalue weighted by molar-refractivity contribution is 7.22. The molecule has 0 spiro atoms. The van der Waals surface area contributed by atoms with E-state index in [4.69, 9.17) is 0 Å². The van der Waals surface area contributed by atoms with Crippen LogP contribution < -0.4 is 5.32 Å². The molecule has 0 fully saturated rings. The van der Waals surface area contributed by atoms with E-state index in [1.165, 1.54) is 23.7 Å². The van der Waals surface area contributed by atoms with Crippen molar-refractivity contribution in [3.63, 3.8) is 0 Å². The van der Waals surface area contributed by atoms with E-state index in [-0.39, 0.29) is 11.7 Å². The summed E-state index contributed by atoms with van der Waals surface area (Å²) in [5, 5.41) is 4.12. The van der Waals surface area contributed by atoms with Gasteiger partial charge in [-0.1, -0.05) is 18.2 Å². The summed E-state index contributed by atoms with van der Waals surface area (Å²) in [5.41, 5.74) is 2.82. The van der Waals surface area contributed by atoms with Crippen molar-refractivity contribution >= 4 is 21.4 Å². The predicted molar refractivity (Wildman–Crippen MR) is 103 cm³/mol. The van der Waals surface area contributed by atoms with E-state index in [0.717, 1.165) is 33.0 Å². The number of rotatable bonds is 4. The number of aromatic nitrogens is 3. The van der Waals surface area contributed by atoms with Crippen LogP contribution in [-0.4, -0.2) is 22.0 Å². The number of nitrogens with one attached hydrogen (secondary N) is 1. The van der Waals surface area contributed by atoms with Gasteiger partial charge in [0.2, 0.25) is 5.95 Å². The van der Waals surface area contributed by atoms with Gasteiger partial charge in [-0.2, -0.15) is 4.39 Å². The third-order valence-corrected chi connectivity index (χ3v) is 5.73. The van der Waals surface area contributed by atoms with Gasteiger partial charge in [0.05, 0.1) is 11.1 Å². The molecule has 0 radical (unpaired) electrons. The van der Waals surface area contributed by atoms with Crippen LogP contribution in [0.25, 0.3) is 31.8 Å². The van der Waals surface area contributed by atoms with Crippen molar-refractivity contribution in [1.82, 2.24) is 20.3 Å². The summed E-state index contributed by atoms with van der Waals surface area (Å²) in [4.78, 5) is 12.3. The van der Waals surface area contributed by atoms with Crippen LogP contribution in [0.1, 0.15) is 18.5 Å². The number of benzene rings is 1. The number of halogens is 2. The lowest BCUT2D eigenvalue weighted by Gasteiger charge is -2.16. The minimum absolute atomic E-state index is 0.00194. The van der Waals surface area contributed by atoms with Gasteiger partial charge in [-0.15, -0.1) is 11.3 Å². The topological polar surface area (TPSA) is 50.7 Å². The molecule has 0 saturated heterocycles. The fraction of sp³-hybridized carbons (Fsp3) is 0.150. The molecular weight excluding hydrogens is 366 g/mol. The summed E-state index contributed by atoms with van der Waals surface area (Å²) in [5.74, 6) is -1.00. The van der Waals surface area contributed by atoms with Crippen LogP contribution >= 0.6 is 11.3 Å². The second kappa shape index (κ2) is 7.09. The highest BCUT2D eigenvalue weighted by Gasteiger charge is 2.17. The molecule has 1 unspecified atom stereocenters. The average Bonchev–Trinajstić information content (AvgIpc) is 3.11. The van der Waals surface area contributed by atoms with Crippen molar-refractivity contribution in [2.45, 2.75) is 13.0 Å². The van der Waals surface area contributed by atoms with E-state index in [1.807, 2.05) is 38.2 Å². The molecule has 4 aromatic rings. The molecule has 1 aromatic carbocycles. The van der Waals surface area contributed by atoms with E-state index in [1.54, 1.807) is 6.20 Å². The second-order valence-electron chi connectivity index (χ2n) is 6.16. The third-order valence-electron chi connectivity index (χ3n) is 4.54. The zero-order chi connectivity index (χ0) is 19.0. The summed E-state index contributed by atoms with van der Waals surface area (Å²) in [7, 11) is 1.85. The van der Waals surface area contributed by atoms with Crippen LogP contribution in [0.15, 0.2) is 49.1 Å². The van der Waals surface area contributed by atoms with Gasteiger partial charge in [-0.05, 0) is 36.6 Å². The van der Waals surface area contributed by atoms with Crippen molar-refractivity contribution in [1.29, 1.82) is 0 Å². The minimum Gasteiger partial charge on any atom is -0.313 e. The number of nitrogens with zero attached hydrogens (tertiary/aromatic N) is 3. The first kappa shape index (κ1) is 17.6. The second-order valence-corrected chi connectivity index (χ2v) is 7.21. The maximum Gasteiger partial charge on any atom is 0.213 e. The molecule has 0 saturated carbocycles. The Kier molecular flexibility index (Phi) is 4.63. The first-order valence-electron chi connectivity index (χ1n) is 8.40. The van der Waals surface area contributed by atoms with Crippen molar-refractivity contribution < 1.29 is 8.78 Å². The number of pyridine rings is 1. The SMILES string of the molecule is CNC(C)c1cnc(F)cc1-c1cccc2cc(-c3ncncc3F)sc12. The van der Waals surface area contributed by atoms with Crippen LogP contribution in [0, 0.1) is 11.8 Å². The Morgan fingerprint density at radius 2 is 1.93 bits per heavy atom. The maximum absolute atomic E-state index is 14.1. The Morgan fingerprint density at radius 1 is 1.07 bits per heavy atom. The van der Waals surface area contributed by atoms with Gasteiger partial charge >= 0.3 is 0 Å². The number of thiophene rings is 1. The Hall–Kier alpha value is -2.77. The molecule has 3 heterocycles. The van der Waals surface area contributed by atoms with Crippen LogP contribution in [-0.2, 0) is 0 Å². The Labute approximate surface area is 159 Å². The van der Waals surface area contributed by atoms with Gasteiger partial charge < -0.3 is 5.32 Å². The van der Waals surface area contributed by atoms with Gasteiger partial charge in [0, 0.05) is 28.6 Å². The first-order valence-corrected chi connectivity index (χ1v) is 9.21. The summed E-state index contributed by atoms with van der Waals surface area (Å²) in [6, 6.07) is 9.16. The molecule has 0 amide bonds. The van der Waals surface area contributed by atoms with Crippen molar-refractivity contribution in [2.24, 2.45) is 0 Å². The van der Waals surface area contributed by atoms with Crippen molar-refractivity contribution in [2.75, 3.05) is 7.05 Å². The average molecular weight is 382 g/mol. The molecule has 4 nitrogen and oxygen atoms in total. The highest BCUT2D eigenvalue weighted by Crippen LogP contribution is 2.40. The number of hydrogen-bond donors (Lipinski definition) is 1. The zero-order valence-electron chi connectivity index (χ0n) is 14.7. The smallest absolute Gasteiger partial charge is 0.213 e. The van der Waals surface area contributed by atoms with E-state index in [2.05, 4.69) is 20.3 Å². The molecule has 1 atom stereocenters. The van der Waals surface area contributed by atoms with Crippen LogP contribution in [0.2, 0.25) is 0 Å². The normalized spacial score (nSPS) is 12.4. The standard InChI is InChI=1S/C20H16F2N4S/c1-11(23-2)15-8-25-18(22)7-14(15)13-5-3-4-12-6-17(27-20(12)13)19-16(21)9-24-10-26-19/h3-11,23H,1-2H3. The Balaban J connectivity index is 1.94. The molecule has 136 valence electrons. The summed E-state index contributed by atoms with van der Waals surface area (Å²) in [6.07, 6.45) is 4.04. The van der Waals surface area contributed by atoms with Gasteiger partial charge in [0.15, 0.2) is 5.82 Å². The molecular formula is C20H16F2N4S. The molecule has 0 bridgehead atoms. The molecule has 0 aliphatic carbocycles. The lowest BCUT2D eigenvalue weighted by molar-refractivity contribution is 0.577. The van der Waals surface area contributed by atoms with Gasteiger partial charge in [0.25, 0.3) is 0 Å². The van der Waals surface area contributed by atoms with Gasteiger partial charge in [-0.25, -0.2) is 19.3 Å². The van der Waals surface area contributed by atoms with E-state index >= 15 is 0 Å². The first-order chi connectivity index (χ1) is 13.1. The minimum atomic E-state index is -0.535. The number of fused-ring (bicyclic) bond motifs is 1. The maximum atomic E-state index is 14.1. The Morgan fingerprint density at radius 3 is 2.70 bits per heavy atom. The highest BCUT2D eigenvalue weighted by atomic mass is 32.1. The molecule has 0 aliphatic rings. The molecule has 1 N–H and O–H groups in total. The van der Waals surface area contributed by atoms with E-state index < -0.39 is 11.8 Å². The zero-order valence-corrected chi connectivity index (χ0v) is 15.5. The predicted octanol–water partition coefficient (Wildman–Crippen LogP) is 4.98. The van der Waals surface area contributed by atoms with Crippen molar-refractivity contribution in [3.8, 4) is 21.7 Å². The summed E-state index contributed by atoms with van der Waals surface area (Å²) < 4.78 is 29.0. The van der Waals surface area contributed by atoms with Gasteiger partial charge in [-0.3, -0.25) is 0 Å². The largest absolute Gasteiger partial charge is 0.313 e. The molecule has 4 rings (SSSR count). The van der Waals surface area contributed by atoms with Crippen molar-refractivity contribution in [3.05, 3.63) is 66.4 Å². The third kappa shape index (κ3) is 3.20. The lowest BCUT2D eigenvalue weighted by Crippen LogP contribution is -2.14. The molecule has 27 heavy (non-hydrogen) atoms. The summed E-state index contributed by atoms with van der Waals surface area (Å²) >= 11 is 1.43. The molecule has 7 heteroatoms. The van der Waals surface area contributed by atoms with E-state index in [0.29, 0.717) is 4.88 Å². The Bertz CT molecular complexity index is 1130. The molecule has 0 aliphatic heterocycles. The van der Waals surface area contributed by atoms with Crippen LogP contribution in [0.5, 0.6) is 0 Å². The quantitative estimate of drug-likeness (QED) is 0.506. The monoisotopic (exact) mass is 382 g/mol. The number of hydrogen-bond acceptors (Lipinski definition) is 5. The van der Waals surface area contributed by atoms with Crippen LogP contribution in [0.3, 0.4) is 0 Å². The fourth-order valence-electron chi connectivity index (χ4n) is 3.06. The van der Waals surface area contributed by atoms with E-state index in [9.17, 15) is 8.78 Å². The van der Waals surface area contributed by atoms with Crippen LogP contribution in [0.4, 0.5) is 8.78 Å². The summed E-state index contributed by atoms with van der Waals surface area (Å²) in [6.45, 7) is 1.99. The fourth-order valence-corrected chi connectivity index (χ4v) is 4.25. The lowest BCUT2D eigenvalue weighted by atomic mass is 9.97. The van der Waals surface area contributed by atoms with Gasteiger partial charge in [0.1, 0.15) is 12.0 Å².